The van der Waals surface area contributed by atoms with Crippen molar-refractivity contribution >= 4 is 0 Å². The number of aromatic nitrogens is 1. The Labute approximate surface area is 105 Å². The van der Waals surface area contributed by atoms with Crippen LogP contribution in [-0.2, 0) is 24.5 Å². The van der Waals surface area contributed by atoms with Crippen molar-refractivity contribution in [2.45, 2.75) is 19.8 Å². The SMILES string of the molecule is COc1ccc(COCc2cc(CN)no2)cc1. The Kier molecular flexibility index (Phi) is 4.33. The second-order valence-corrected chi connectivity index (χ2v) is 3.83. The number of methoxy groups -OCH3 is 1. The van der Waals surface area contributed by atoms with E-state index in [1.165, 1.54) is 0 Å². The number of benzene rings is 1. The summed E-state index contributed by atoms with van der Waals surface area (Å²) < 4.78 is 15.7. The number of nitrogens with zero attached hydrogens (tertiary/aromatic N) is 1. The Morgan fingerprint density at radius 1 is 1.22 bits per heavy atom. The summed E-state index contributed by atoms with van der Waals surface area (Å²) in [4.78, 5) is 0. The van der Waals surface area contributed by atoms with E-state index in [0.717, 1.165) is 17.0 Å². The molecule has 0 saturated carbocycles. The second-order valence-electron chi connectivity index (χ2n) is 3.83. The first-order chi connectivity index (χ1) is 8.81. The van der Waals surface area contributed by atoms with Gasteiger partial charge in [-0.1, -0.05) is 17.3 Å². The van der Waals surface area contributed by atoms with E-state index in [0.29, 0.717) is 25.5 Å². The molecule has 1 aromatic carbocycles. The minimum Gasteiger partial charge on any atom is -0.497 e. The van der Waals surface area contributed by atoms with Crippen molar-refractivity contribution in [1.29, 1.82) is 0 Å². The normalized spacial score (nSPS) is 10.6. The Morgan fingerprint density at radius 3 is 2.61 bits per heavy atom. The van der Waals surface area contributed by atoms with Crippen molar-refractivity contribution in [2.75, 3.05) is 7.11 Å². The highest BCUT2D eigenvalue weighted by molar-refractivity contribution is 5.26. The van der Waals surface area contributed by atoms with Crippen molar-refractivity contribution in [3.8, 4) is 5.75 Å². The van der Waals surface area contributed by atoms with Crippen LogP contribution < -0.4 is 10.5 Å². The molecule has 0 bridgehead atoms. The fourth-order valence-electron chi connectivity index (χ4n) is 1.51. The third-order valence-corrected chi connectivity index (χ3v) is 2.49. The van der Waals surface area contributed by atoms with Gasteiger partial charge in [-0.05, 0) is 17.7 Å². The number of rotatable bonds is 6. The maximum absolute atomic E-state index is 5.52. The first-order valence-corrected chi connectivity index (χ1v) is 5.67. The molecule has 0 unspecified atom stereocenters. The number of ether oxygens (including phenoxy) is 2. The van der Waals surface area contributed by atoms with Crippen molar-refractivity contribution in [2.24, 2.45) is 5.73 Å². The van der Waals surface area contributed by atoms with E-state index >= 15 is 0 Å². The van der Waals surface area contributed by atoms with E-state index in [1.807, 2.05) is 24.3 Å². The monoisotopic (exact) mass is 248 g/mol. The Morgan fingerprint density at radius 2 is 2.00 bits per heavy atom. The van der Waals surface area contributed by atoms with Gasteiger partial charge in [0.1, 0.15) is 12.4 Å². The summed E-state index contributed by atoms with van der Waals surface area (Å²) in [6.45, 7) is 1.28. The topological polar surface area (TPSA) is 70.5 Å². The summed E-state index contributed by atoms with van der Waals surface area (Å²) in [6.07, 6.45) is 0. The molecule has 0 atom stereocenters. The molecule has 5 nitrogen and oxygen atoms in total. The minimum absolute atomic E-state index is 0.377. The lowest BCUT2D eigenvalue weighted by molar-refractivity contribution is 0.0883. The predicted molar refractivity (Wildman–Crippen MR) is 65.9 cm³/mol. The van der Waals surface area contributed by atoms with Gasteiger partial charge in [0.15, 0.2) is 5.76 Å². The molecule has 2 aromatic rings. The third-order valence-electron chi connectivity index (χ3n) is 2.49. The Balaban J connectivity index is 1.80. The van der Waals surface area contributed by atoms with Crippen molar-refractivity contribution in [3.05, 3.63) is 47.3 Å². The summed E-state index contributed by atoms with van der Waals surface area (Å²) >= 11 is 0. The average molecular weight is 248 g/mol. The van der Waals surface area contributed by atoms with Gasteiger partial charge in [-0.25, -0.2) is 0 Å². The second kappa shape index (κ2) is 6.18. The van der Waals surface area contributed by atoms with Gasteiger partial charge in [-0.2, -0.15) is 0 Å². The summed E-state index contributed by atoms with van der Waals surface area (Å²) in [7, 11) is 1.64. The van der Waals surface area contributed by atoms with Crippen LogP contribution in [0, 0.1) is 0 Å². The molecular weight excluding hydrogens is 232 g/mol. The molecule has 18 heavy (non-hydrogen) atoms. The highest BCUT2D eigenvalue weighted by atomic mass is 16.5. The van der Waals surface area contributed by atoms with Gasteiger partial charge in [0.05, 0.1) is 19.4 Å². The third kappa shape index (κ3) is 3.32. The summed E-state index contributed by atoms with van der Waals surface area (Å²) in [6, 6.07) is 9.53. The van der Waals surface area contributed by atoms with Gasteiger partial charge < -0.3 is 19.7 Å². The van der Waals surface area contributed by atoms with Gasteiger partial charge in [0.25, 0.3) is 0 Å². The first kappa shape index (κ1) is 12.6. The van der Waals surface area contributed by atoms with Gasteiger partial charge in [0.2, 0.25) is 0 Å². The van der Waals surface area contributed by atoms with Crippen molar-refractivity contribution in [1.82, 2.24) is 5.16 Å². The van der Waals surface area contributed by atoms with Crippen molar-refractivity contribution < 1.29 is 14.0 Å². The maximum atomic E-state index is 5.52. The average Bonchev–Trinajstić information content (AvgIpc) is 2.87. The standard InChI is InChI=1S/C13H16N2O3/c1-16-12-4-2-10(3-5-12)8-17-9-13-6-11(7-14)15-18-13/h2-6H,7-9,14H2,1H3. The zero-order valence-electron chi connectivity index (χ0n) is 10.3. The molecule has 5 heteroatoms. The van der Waals surface area contributed by atoms with Crippen LogP contribution in [0.3, 0.4) is 0 Å². The molecule has 96 valence electrons. The molecule has 0 aliphatic rings. The molecule has 2 rings (SSSR count). The summed E-state index contributed by atoms with van der Waals surface area (Å²) in [5, 5.41) is 3.79. The zero-order valence-corrected chi connectivity index (χ0v) is 10.3. The van der Waals surface area contributed by atoms with E-state index in [-0.39, 0.29) is 0 Å². The van der Waals surface area contributed by atoms with Crippen LogP contribution >= 0.6 is 0 Å². The van der Waals surface area contributed by atoms with Gasteiger partial charge in [-0.3, -0.25) is 0 Å². The predicted octanol–water partition coefficient (Wildman–Crippen LogP) is 1.86. The first-order valence-electron chi connectivity index (χ1n) is 5.67. The lowest BCUT2D eigenvalue weighted by atomic mass is 10.2. The smallest absolute Gasteiger partial charge is 0.162 e. The Hall–Kier alpha value is -1.85. The molecule has 0 aliphatic carbocycles. The molecule has 1 aromatic heterocycles. The molecule has 0 fully saturated rings. The molecule has 0 saturated heterocycles. The van der Waals surface area contributed by atoms with Gasteiger partial charge in [-0.15, -0.1) is 0 Å². The lowest BCUT2D eigenvalue weighted by Crippen LogP contribution is -1.95. The zero-order chi connectivity index (χ0) is 12.8. The molecule has 0 spiro atoms. The van der Waals surface area contributed by atoms with Crippen LogP contribution in [0.2, 0.25) is 0 Å². The molecule has 2 N–H and O–H groups in total. The summed E-state index contributed by atoms with van der Waals surface area (Å²) in [5.74, 6) is 1.52. The molecule has 1 heterocycles. The molecule has 0 amide bonds. The fourth-order valence-corrected chi connectivity index (χ4v) is 1.51. The lowest BCUT2D eigenvalue weighted by Gasteiger charge is -2.03. The van der Waals surface area contributed by atoms with E-state index < -0.39 is 0 Å². The van der Waals surface area contributed by atoms with E-state index in [2.05, 4.69) is 5.16 Å². The minimum atomic E-state index is 0.377. The van der Waals surface area contributed by atoms with E-state index in [1.54, 1.807) is 13.2 Å². The van der Waals surface area contributed by atoms with Gasteiger partial charge >= 0.3 is 0 Å². The quantitative estimate of drug-likeness (QED) is 0.844. The largest absolute Gasteiger partial charge is 0.497 e. The Bertz CT molecular complexity index is 479. The maximum Gasteiger partial charge on any atom is 0.162 e. The molecule has 0 radical (unpaired) electrons. The number of hydrogen-bond acceptors (Lipinski definition) is 5. The molecule has 0 aliphatic heterocycles. The highest BCUT2D eigenvalue weighted by Gasteiger charge is 2.03. The van der Waals surface area contributed by atoms with Gasteiger partial charge in [0, 0.05) is 12.6 Å². The van der Waals surface area contributed by atoms with Crippen LogP contribution in [0.15, 0.2) is 34.9 Å². The van der Waals surface area contributed by atoms with Crippen LogP contribution in [0.4, 0.5) is 0 Å². The number of hydrogen-bond donors (Lipinski definition) is 1. The van der Waals surface area contributed by atoms with Crippen LogP contribution in [0.1, 0.15) is 17.0 Å². The van der Waals surface area contributed by atoms with Crippen LogP contribution in [0.5, 0.6) is 5.75 Å². The highest BCUT2D eigenvalue weighted by Crippen LogP contribution is 2.13. The fraction of sp³-hybridized carbons (Fsp3) is 0.308. The van der Waals surface area contributed by atoms with Crippen LogP contribution in [0.25, 0.3) is 0 Å². The molecular formula is C13H16N2O3. The van der Waals surface area contributed by atoms with Crippen LogP contribution in [-0.4, -0.2) is 12.3 Å². The van der Waals surface area contributed by atoms with E-state index in [9.17, 15) is 0 Å². The number of nitrogens with two attached hydrogens (primary N) is 1. The summed E-state index contributed by atoms with van der Waals surface area (Å²) in [5.41, 5.74) is 7.25. The van der Waals surface area contributed by atoms with E-state index in [4.69, 9.17) is 19.7 Å². The van der Waals surface area contributed by atoms with Crippen molar-refractivity contribution in [3.63, 3.8) is 0 Å².